The molecule has 0 spiro atoms. The monoisotopic (exact) mass is 244 g/mol. The zero-order valence-corrected chi connectivity index (χ0v) is 11.2. The lowest BCUT2D eigenvalue weighted by atomic mass is 10.0. The van der Waals surface area contributed by atoms with Crippen molar-refractivity contribution in [1.82, 2.24) is 10.3 Å². The lowest BCUT2D eigenvalue weighted by Gasteiger charge is -2.17. The third-order valence-electron chi connectivity index (χ3n) is 3.13. The van der Waals surface area contributed by atoms with Crippen molar-refractivity contribution < 1.29 is 4.74 Å². The zero-order valence-electron chi connectivity index (χ0n) is 11.2. The average molecular weight is 244 g/mol. The van der Waals surface area contributed by atoms with Gasteiger partial charge < -0.3 is 15.0 Å². The predicted octanol–water partition coefficient (Wildman–Crippen LogP) is 3.18. The molecule has 1 aromatic carbocycles. The summed E-state index contributed by atoms with van der Waals surface area (Å²) >= 11 is 0. The molecular formula is C15H20N2O. The summed E-state index contributed by atoms with van der Waals surface area (Å²) in [5.74, 6) is 0.940. The lowest BCUT2D eigenvalue weighted by molar-refractivity contribution is 0.401. The first-order valence-electron chi connectivity index (χ1n) is 6.20. The molecule has 3 heteroatoms. The van der Waals surface area contributed by atoms with Crippen LogP contribution in [0.1, 0.15) is 29.7 Å². The maximum absolute atomic E-state index is 5.41. The van der Waals surface area contributed by atoms with Gasteiger partial charge in [0.05, 0.1) is 7.11 Å². The molecule has 0 saturated carbocycles. The first-order chi connectivity index (χ1) is 8.70. The van der Waals surface area contributed by atoms with Crippen molar-refractivity contribution in [2.45, 2.75) is 26.4 Å². The molecule has 1 atom stereocenters. The molecule has 0 aliphatic rings. The van der Waals surface area contributed by atoms with Gasteiger partial charge in [-0.3, -0.25) is 0 Å². The average Bonchev–Trinajstić information content (AvgIpc) is 2.89. The lowest BCUT2D eigenvalue weighted by Crippen LogP contribution is -2.18. The Morgan fingerprint density at radius 2 is 2.17 bits per heavy atom. The maximum Gasteiger partial charge on any atom is 0.123 e. The van der Waals surface area contributed by atoms with E-state index in [1.165, 1.54) is 16.7 Å². The van der Waals surface area contributed by atoms with E-state index in [0.717, 1.165) is 12.3 Å². The molecule has 2 aromatic rings. The summed E-state index contributed by atoms with van der Waals surface area (Å²) in [4.78, 5) is 3.06. The van der Waals surface area contributed by atoms with Gasteiger partial charge in [0.2, 0.25) is 0 Å². The van der Waals surface area contributed by atoms with Crippen molar-refractivity contribution in [3.63, 3.8) is 0 Å². The molecule has 0 amide bonds. The van der Waals surface area contributed by atoms with Gasteiger partial charge in [0.1, 0.15) is 5.75 Å². The van der Waals surface area contributed by atoms with Crippen LogP contribution in [0.15, 0.2) is 36.7 Å². The van der Waals surface area contributed by atoms with E-state index in [0.29, 0.717) is 0 Å². The molecule has 1 unspecified atom stereocenters. The molecule has 0 aliphatic heterocycles. The summed E-state index contributed by atoms with van der Waals surface area (Å²) < 4.78 is 5.41. The maximum atomic E-state index is 5.41. The van der Waals surface area contributed by atoms with Crippen LogP contribution >= 0.6 is 0 Å². The molecule has 1 aromatic heterocycles. The molecule has 0 saturated heterocycles. The Morgan fingerprint density at radius 1 is 1.33 bits per heavy atom. The minimum atomic E-state index is 0.259. The summed E-state index contributed by atoms with van der Waals surface area (Å²) in [5, 5.41) is 3.50. The number of rotatable bonds is 5. The van der Waals surface area contributed by atoms with E-state index in [1.54, 1.807) is 7.11 Å². The van der Waals surface area contributed by atoms with Crippen molar-refractivity contribution in [3.8, 4) is 5.75 Å². The molecule has 1 heterocycles. The fourth-order valence-electron chi connectivity index (χ4n) is 2.04. The van der Waals surface area contributed by atoms with Gasteiger partial charge in [-0.05, 0) is 31.5 Å². The molecule has 2 rings (SSSR count). The van der Waals surface area contributed by atoms with Crippen LogP contribution in [-0.2, 0) is 6.54 Å². The number of methoxy groups -OCH3 is 1. The van der Waals surface area contributed by atoms with Gasteiger partial charge in [-0.25, -0.2) is 0 Å². The van der Waals surface area contributed by atoms with Gasteiger partial charge in [-0.1, -0.05) is 17.7 Å². The van der Waals surface area contributed by atoms with Crippen LogP contribution < -0.4 is 10.1 Å². The third kappa shape index (κ3) is 2.93. The predicted molar refractivity (Wildman–Crippen MR) is 73.8 cm³/mol. The SMILES string of the molecule is COc1ccc(C)cc1C(C)NCc1cc[nH]c1. The number of hydrogen-bond acceptors (Lipinski definition) is 2. The van der Waals surface area contributed by atoms with E-state index in [1.807, 2.05) is 18.5 Å². The van der Waals surface area contributed by atoms with Crippen LogP contribution in [0.4, 0.5) is 0 Å². The normalized spacial score (nSPS) is 12.4. The molecule has 0 fully saturated rings. The Labute approximate surface area is 108 Å². The second-order valence-electron chi connectivity index (χ2n) is 4.57. The van der Waals surface area contributed by atoms with Gasteiger partial charge in [0, 0.05) is 30.5 Å². The van der Waals surface area contributed by atoms with Crippen molar-refractivity contribution in [2.24, 2.45) is 0 Å². The number of H-pyrrole nitrogens is 1. The van der Waals surface area contributed by atoms with Crippen LogP contribution in [0, 0.1) is 6.92 Å². The highest BCUT2D eigenvalue weighted by Gasteiger charge is 2.11. The Kier molecular flexibility index (Phi) is 4.05. The summed E-state index contributed by atoms with van der Waals surface area (Å²) in [6, 6.07) is 8.61. The molecule has 3 nitrogen and oxygen atoms in total. The standard InChI is InChI=1S/C15H20N2O/c1-11-4-5-15(18-3)14(8-11)12(2)17-10-13-6-7-16-9-13/h4-9,12,16-17H,10H2,1-3H3. The van der Waals surface area contributed by atoms with Gasteiger partial charge >= 0.3 is 0 Å². The molecular weight excluding hydrogens is 224 g/mol. The Hall–Kier alpha value is -1.74. The second kappa shape index (κ2) is 5.74. The molecule has 0 aliphatic carbocycles. The minimum Gasteiger partial charge on any atom is -0.496 e. The Bertz CT molecular complexity index is 491. The van der Waals surface area contributed by atoms with Gasteiger partial charge in [0.25, 0.3) is 0 Å². The van der Waals surface area contributed by atoms with Crippen LogP contribution in [-0.4, -0.2) is 12.1 Å². The van der Waals surface area contributed by atoms with Crippen LogP contribution in [0.25, 0.3) is 0 Å². The van der Waals surface area contributed by atoms with Crippen LogP contribution in [0.2, 0.25) is 0 Å². The summed E-state index contributed by atoms with van der Waals surface area (Å²) in [5.41, 5.74) is 3.71. The molecule has 0 radical (unpaired) electrons. The van der Waals surface area contributed by atoms with E-state index in [9.17, 15) is 0 Å². The van der Waals surface area contributed by atoms with Crippen molar-refractivity contribution in [3.05, 3.63) is 53.3 Å². The first-order valence-corrected chi connectivity index (χ1v) is 6.20. The Balaban J connectivity index is 2.08. The highest BCUT2D eigenvalue weighted by atomic mass is 16.5. The smallest absolute Gasteiger partial charge is 0.123 e. The van der Waals surface area contributed by atoms with E-state index < -0.39 is 0 Å². The molecule has 18 heavy (non-hydrogen) atoms. The van der Waals surface area contributed by atoms with E-state index in [-0.39, 0.29) is 6.04 Å². The fraction of sp³-hybridized carbons (Fsp3) is 0.333. The van der Waals surface area contributed by atoms with Gasteiger partial charge in [0.15, 0.2) is 0 Å². The van der Waals surface area contributed by atoms with E-state index in [4.69, 9.17) is 4.74 Å². The van der Waals surface area contributed by atoms with E-state index >= 15 is 0 Å². The summed E-state index contributed by atoms with van der Waals surface area (Å²) in [7, 11) is 1.72. The number of aromatic amines is 1. The fourth-order valence-corrected chi connectivity index (χ4v) is 2.04. The van der Waals surface area contributed by atoms with E-state index in [2.05, 4.69) is 42.3 Å². The minimum absolute atomic E-state index is 0.259. The summed E-state index contributed by atoms with van der Waals surface area (Å²) in [6.07, 6.45) is 3.95. The highest BCUT2D eigenvalue weighted by molar-refractivity contribution is 5.38. The number of ether oxygens (including phenoxy) is 1. The number of aryl methyl sites for hydroxylation is 1. The van der Waals surface area contributed by atoms with Crippen LogP contribution in [0.3, 0.4) is 0 Å². The molecule has 0 bridgehead atoms. The molecule has 2 N–H and O–H groups in total. The zero-order chi connectivity index (χ0) is 13.0. The van der Waals surface area contributed by atoms with Crippen LogP contribution in [0.5, 0.6) is 5.75 Å². The Morgan fingerprint density at radius 3 is 2.83 bits per heavy atom. The summed E-state index contributed by atoms with van der Waals surface area (Å²) in [6.45, 7) is 5.10. The van der Waals surface area contributed by atoms with Crippen molar-refractivity contribution in [2.75, 3.05) is 7.11 Å². The molecule has 96 valence electrons. The number of hydrogen-bond donors (Lipinski definition) is 2. The third-order valence-corrected chi connectivity index (χ3v) is 3.13. The first kappa shape index (κ1) is 12.7. The van der Waals surface area contributed by atoms with Gasteiger partial charge in [-0.2, -0.15) is 0 Å². The van der Waals surface area contributed by atoms with Crippen molar-refractivity contribution in [1.29, 1.82) is 0 Å². The van der Waals surface area contributed by atoms with Gasteiger partial charge in [-0.15, -0.1) is 0 Å². The van der Waals surface area contributed by atoms with Crippen molar-refractivity contribution >= 4 is 0 Å². The number of benzene rings is 1. The second-order valence-corrected chi connectivity index (χ2v) is 4.57. The number of nitrogens with one attached hydrogen (secondary N) is 2. The largest absolute Gasteiger partial charge is 0.496 e. The topological polar surface area (TPSA) is 37.0 Å². The quantitative estimate of drug-likeness (QED) is 0.847. The number of aromatic nitrogens is 1. The highest BCUT2D eigenvalue weighted by Crippen LogP contribution is 2.26.